The van der Waals surface area contributed by atoms with E-state index in [4.69, 9.17) is 11.6 Å². The predicted octanol–water partition coefficient (Wildman–Crippen LogP) is 4.27. The summed E-state index contributed by atoms with van der Waals surface area (Å²) in [6, 6.07) is 9.42. The molecule has 0 atom stereocenters. The Bertz CT molecular complexity index is 578. The lowest BCUT2D eigenvalue weighted by atomic mass is 9.96. The van der Waals surface area contributed by atoms with Crippen molar-refractivity contribution >= 4 is 17.9 Å². The van der Waals surface area contributed by atoms with E-state index in [0.717, 1.165) is 17.4 Å². The molecule has 0 aliphatic rings. The fraction of sp³-hybridized carbons (Fsp3) is 0.0714. The molecule has 0 saturated carbocycles. The van der Waals surface area contributed by atoms with Crippen LogP contribution in [0.5, 0.6) is 0 Å². The van der Waals surface area contributed by atoms with Gasteiger partial charge in [-0.05, 0) is 53.9 Å². The Morgan fingerprint density at radius 2 is 1.88 bits per heavy atom. The molecule has 0 bridgehead atoms. The number of benzene rings is 2. The fourth-order valence-corrected chi connectivity index (χ4v) is 2.02. The molecule has 0 fully saturated rings. The van der Waals surface area contributed by atoms with Gasteiger partial charge in [0.05, 0.1) is 0 Å². The van der Waals surface area contributed by atoms with Crippen LogP contribution in [-0.4, -0.2) is 6.29 Å². The first kappa shape index (κ1) is 11.8. The average molecular weight is 249 g/mol. The SMILES string of the molecule is Cc1cc(Cl)ccc1-c1cc(F)ccc1C=O. The highest BCUT2D eigenvalue weighted by Crippen LogP contribution is 2.28. The van der Waals surface area contributed by atoms with E-state index in [1.807, 2.05) is 6.92 Å². The molecule has 0 amide bonds. The van der Waals surface area contributed by atoms with Crippen molar-refractivity contribution < 1.29 is 9.18 Å². The van der Waals surface area contributed by atoms with Crippen molar-refractivity contribution in [1.82, 2.24) is 0 Å². The average Bonchev–Trinajstić information content (AvgIpc) is 2.29. The molecule has 2 aromatic carbocycles. The van der Waals surface area contributed by atoms with Crippen LogP contribution in [0.3, 0.4) is 0 Å². The molecule has 0 N–H and O–H groups in total. The third-order valence-electron chi connectivity index (χ3n) is 2.62. The molecular weight excluding hydrogens is 239 g/mol. The lowest BCUT2D eigenvalue weighted by Crippen LogP contribution is -1.91. The highest BCUT2D eigenvalue weighted by atomic mass is 35.5. The van der Waals surface area contributed by atoms with Gasteiger partial charge >= 0.3 is 0 Å². The minimum atomic E-state index is -0.361. The number of carbonyl (C=O) groups excluding carboxylic acids is 1. The first-order valence-corrected chi connectivity index (χ1v) is 5.51. The Kier molecular flexibility index (Phi) is 3.25. The van der Waals surface area contributed by atoms with Crippen LogP contribution in [0.25, 0.3) is 11.1 Å². The van der Waals surface area contributed by atoms with Gasteiger partial charge in [0.1, 0.15) is 5.82 Å². The van der Waals surface area contributed by atoms with Gasteiger partial charge in [0, 0.05) is 10.6 Å². The highest BCUT2D eigenvalue weighted by molar-refractivity contribution is 6.30. The van der Waals surface area contributed by atoms with E-state index < -0.39 is 0 Å². The normalized spacial score (nSPS) is 10.3. The van der Waals surface area contributed by atoms with Crippen LogP contribution in [-0.2, 0) is 0 Å². The summed E-state index contributed by atoms with van der Waals surface area (Å²) < 4.78 is 13.2. The number of rotatable bonds is 2. The van der Waals surface area contributed by atoms with Crippen LogP contribution in [0, 0.1) is 12.7 Å². The van der Waals surface area contributed by atoms with Crippen LogP contribution in [0.1, 0.15) is 15.9 Å². The van der Waals surface area contributed by atoms with Gasteiger partial charge in [-0.1, -0.05) is 17.7 Å². The number of carbonyl (C=O) groups is 1. The summed E-state index contributed by atoms with van der Waals surface area (Å²) in [7, 11) is 0. The van der Waals surface area contributed by atoms with Crippen molar-refractivity contribution in [3.05, 3.63) is 58.4 Å². The molecule has 0 heterocycles. The maximum Gasteiger partial charge on any atom is 0.150 e. The second kappa shape index (κ2) is 4.68. The molecule has 0 radical (unpaired) electrons. The van der Waals surface area contributed by atoms with E-state index in [-0.39, 0.29) is 5.82 Å². The zero-order valence-corrected chi connectivity index (χ0v) is 9.96. The van der Waals surface area contributed by atoms with Crippen molar-refractivity contribution in [3.8, 4) is 11.1 Å². The molecular formula is C14H10ClFO. The third-order valence-corrected chi connectivity index (χ3v) is 2.86. The molecule has 17 heavy (non-hydrogen) atoms. The van der Waals surface area contributed by atoms with Crippen LogP contribution >= 0.6 is 11.6 Å². The van der Waals surface area contributed by atoms with Gasteiger partial charge in [0.15, 0.2) is 6.29 Å². The summed E-state index contributed by atoms with van der Waals surface area (Å²) in [4.78, 5) is 10.9. The Balaban J connectivity index is 2.66. The van der Waals surface area contributed by atoms with Gasteiger partial charge in [-0.2, -0.15) is 0 Å². The van der Waals surface area contributed by atoms with Gasteiger partial charge in [0.25, 0.3) is 0 Å². The smallest absolute Gasteiger partial charge is 0.150 e. The van der Waals surface area contributed by atoms with Crippen molar-refractivity contribution in [2.75, 3.05) is 0 Å². The molecule has 86 valence electrons. The Morgan fingerprint density at radius 3 is 2.53 bits per heavy atom. The number of halogens is 2. The molecule has 0 aromatic heterocycles. The minimum absolute atomic E-state index is 0.361. The molecule has 1 nitrogen and oxygen atoms in total. The number of aryl methyl sites for hydroxylation is 1. The van der Waals surface area contributed by atoms with Crippen LogP contribution < -0.4 is 0 Å². The van der Waals surface area contributed by atoms with E-state index in [2.05, 4.69) is 0 Å². The zero-order chi connectivity index (χ0) is 12.4. The Hall–Kier alpha value is -1.67. The van der Waals surface area contributed by atoms with Gasteiger partial charge in [-0.3, -0.25) is 4.79 Å². The molecule has 0 unspecified atom stereocenters. The second-order valence-corrected chi connectivity index (χ2v) is 4.25. The molecule has 0 aliphatic heterocycles. The van der Waals surface area contributed by atoms with Crippen molar-refractivity contribution in [2.45, 2.75) is 6.92 Å². The van der Waals surface area contributed by atoms with E-state index in [0.29, 0.717) is 16.1 Å². The summed E-state index contributed by atoms with van der Waals surface area (Å²) >= 11 is 5.87. The number of hydrogen-bond donors (Lipinski definition) is 0. The van der Waals surface area contributed by atoms with Gasteiger partial charge in [-0.15, -0.1) is 0 Å². The quantitative estimate of drug-likeness (QED) is 0.726. The van der Waals surface area contributed by atoms with Crippen LogP contribution in [0.4, 0.5) is 4.39 Å². The molecule has 0 saturated heterocycles. The molecule has 0 spiro atoms. The van der Waals surface area contributed by atoms with Gasteiger partial charge in [0.2, 0.25) is 0 Å². The van der Waals surface area contributed by atoms with Crippen LogP contribution in [0.2, 0.25) is 5.02 Å². The summed E-state index contributed by atoms with van der Waals surface area (Å²) in [5.41, 5.74) is 2.79. The summed E-state index contributed by atoms with van der Waals surface area (Å²) in [6.45, 7) is 1.88. The molecule has 0 aliphatic carbocycles. The highest BCUT2D eigenvalue weighted by Gasteiger charge is 2.08. The molecule has 3 heteroatoms. The third kappa shape index (κ3) is 2.37. The van der Waals surface area contributed by atoms with Crippen molar-refractivity contribution in [1.29, 1.82) is 0 Å². The number of aldehydes is 1. The van der Waals surface area contributed by atoms with E-state index in [9.17, 15) is 9.18 Å². The standard InChI is InChI=1S/C14H10ClFO/c1-9-6-11(15)3-5-13(9)14-7-12(16)4-2-10(14)8-17/h2-8H,1H3. The first-order valence-electron chi connectivity index (χ1n) is 5.13. The van der Waals surface area contributed by atoms with Crippen LogP contribution in [0.15, 0.2) is 36.4 Å². The van der Waals surface area contributed by atoms with Crippen molar-refractivity contribution in [2.24, 2.45) is 0 Å². The van der Waals surface area contributed by atoms with E-state index >= 15 is 0 Å². The summed E-state index contributed by atoms with van der Waals surface area (Å²) in [5, 5.41) is 0.621. The maximum atomic E-state index is 13.2. The Morgan fingerprint density at radius 1 is 1.12 bits per heavy atom. The van der Waals surface area contributed by atoms with Gasteiger partial charge < -0.3 is 0 Å². The zero-order valence-electron chi connectivity index (χ0n) is 9.21. The van der Waals surface area contributed by atoms with Gasteiger partial charge in [-0.25, -0.2) is 4.39 Å². The largest absolute Gasteiger partial charge is 0.298 e. The summed E-state index contributed by atoms with van der Waals surface area (Å²) in [6.07, 6.45) is 0.725. The fourth-order valence-electron chi connectivity index (χ4n) is 1.79. The predicted molar refractivity (Wildman–Crippen MR) is 67.0 cm³/mol. The Labute approximate surface area is 104 Å². The maximum absolute atomic E-state index is 13.2. The van der Waals surface area contributed by atoms with E-state index in [1.54, 1.807) is 18.2 Å². The second-order valence-electron chi connectivity index (χ2n) is 3.81. The minimum Gasteiger partial charge on any atom is -0.298 e. The topological polar surface area (TPSA) is 17.1 Å². The summed E-state index contributed by atoms with van der Waals surface area (Å²) in [5.74, 6) is -0.361. The van der Waals surface area contributed by atoms with E-state index in [1.165, 1.54) is 18.2 Å². The monoisotopic (exact) mass is 248 g/mol. The first-order chi connectivity index (χ1) is 8.11. The van der Waals surface area contributed by atoms with Crippen molar-refractivity contribution in [3.63, 3.8) is 0 Å². The number of hydrogen-bond acceptors (Lipinski definition) is 1. The lowest BCUT2D eigenvalue weighted by Gasteiger charge is -2.09. The molecule has 2 rings (SSSR count). The lowest BCUT2D eigenvalue weighted by molar-refractivity contribution is 0.112. The molecule has 2 aromatic rings.